The van der Waals surface area contributed by atoms with Crippen molar-refractivity contribution in [2.24, 2.45) is 0 Å². The molecular formula is C19H26F3NO. The molecule has 0 bridgehead atoms. The van der Waals surface area contributed by atoms with Gasteiger partial charge in [-0.15, -0.1) is 0 Å². The quantitative estimate of drug-likeness (QED) is 0.576. The molecule has 0 aliphatic heterocycles. The first-order valence-corrected chi connectivity index (χ1v) is 8.45. The van der Waals surface area contributed by atoms with Gasteiger partial charge in [-0.25, -0.2) is 0 Å². The van der Waals surface area contributed by atoms with Crippen molar-refractivity contribution in [1.29, 1.82) is 0 Å². The molecule has 0 atom stereocenters. The Labute approximate surface area is 142 Å². The SMILES string of the molecule is CCCCN(CCCC)C(=O)/C(=C(/C)c1ccccc1)C(F)(F)F. The molecule has 0 saturated carbocycles. The molecule has 1 aromatic rings. The molecule has 0 aliphatic carbocycles. The molecular weight excluding hydrogens is 315 g/mol. The van der Waals surface area contributed by atoms with Gasteiger partial charge in [-0.3, -0.25) is 4.79 Å². The molecule has 0 aliphatic rings. The molecule has 2 nitrogen and oxygen atoms in total. The summed E-state index contributed by atoms with van der Waals surface area (Å²) in [6.07, 6.45) is -1.61. The summed E-state index contributed by atoms with van der Waals surface area (Å²) in [7, 11) is 0. The lowest BCUT2D eigenvalue weighted by molar-refractivity contribution is -0.139. The van der Waals surface area contributed by atoms with Crippen LogP contribution < -0.4 is 0 Å². The second-order valence-electron chi connectivity index (χ2n) is 5.86. The van der Waals surface area contributed by atoms with Gasteiger partial charge in [0, 0.05) is 13.1 Å². The Morgan fingerprint density at radius 1 is 1.00 bits per heavy atom. The number of halogens is 3. The highest BCUT2D eigenvalue weighted by atomic mass is 19.4. The fourth-order valence-corrected chi connectivity index (χ4v) is 2.50. The van der Waals surface area contributed by atoms with E-state index >= 15 is 0 Å². The average Bonchev–Trinajstić information content (AvgIpc) is 2.54. The molecule has 0 heterocycles. The van der Waals surface area contributed by atoms with Crippen LogP contribution in [0.2, 0.25) is 0 Å². The van der Waals surface area contributed by atoms with E-state index in [0.717, 1.165) is 12.8 Å². The Morgan fingerprint density at radius 3 is 1.92 bits per heavy atom. The molecule has 0 spiro atoms. The van der Waals surface area contributed by atoms with Gasteiger partial charge in [0.25, 0.3) is 5.91 Å². The van der Waals surface area contributed by atoms with Crippen LogP contribution in [0, 0.1) is 0 Å². The first kappa shape index (κ1) is 20.3. The summed E-state index contributed by atoms with van der Waals surface area (Å²) in [4.78, 5) is 14.0. The number of benzene rings is 1. The van der Waals surface area contributed by atoms with Crippen molar-refractivity contribution in [2.75, 3.05) is 13.1 Å². The number of unbranched alkanes of at least 4 members (excludes halogenated alkanes) is 2. The molecule has 0 radical (unpaired) electrons. The van der Waals surface area contributed by atoms with Crippen molar-refractivity contribution >= 4 is 11.5 Å². The number of carbonyl (C=O) groups excluding carboxylic acids is 1. The summed E-state index contributed by atoms with van der Waals surface area (Å²) in [5.41, 5.74) is -0.656. The highest BCUT2D eigenvalue weighted by molar-refractivity contribution is 6.02. The van der Waals surface area contributed by atoms with E-state index in [9.17, 15) is 18.0 Å². The van der Waals surface area contributed by atoms with Gasteiger partial charge in [0.05, 0.1) is 0 Å². The maximum absolute atomic E-state index is 13.6. The summed E-state index contributed by atoms with van der Waals surface area (Å²) in [5.74, 6) is -0.911. The largest absolute Gasteiger partial charge is 0.421 e. The minimum Gasteiger partial charge on any atom is -0.339 e. The second-order valence-corrected chi connectivity index (χ2v) is 5.86. The van der Waals surface area contributed by atoms with Gasteiger partial charge in [0.1, 0.15) is 5.57 Å². The molecule has 0 fully saturated rings. The molecule has 0 saturated heterocycles. The zero-order valence-corrected chi connectivity index (χ0v) is 14.6. The summed E-state index contributed by atoms with van der Waals surface area (Å²) in [5, 5.41) is 0. The monoisotopic (exact) mass is 341 g/mol. The Kier molecular flexibility index (Phi) is 8.02. The molecule has 24 heavy (non-hydrogen) atoms. The normalized spacial score (nSPS) is 12.8. The second kappa shape index (κ2) is 9.50. The highest BCUT2D eigenvalue weighted by Gasteiger charge is 2.42. The van der Waals surface area contributed by atoms with Gasteiger partial charge >= 0.3 is 6.18 Å². The van der Waals surface area contributed by atoms with Crippen LogP contribution >= 0.6 is 0 Å². The van der Waals surface area contributed by atoms with Crippen LogP contribution in [0.3, 0.4) is 0 Å². The fourth-order valence-electron chi connectivity index (χ4n) is 2.50. The molecule has 1 rings (SSSR count). The number of alkyl halides is 3. The summed E-state index contributed by atoms with van der Waals surface area (Å²) in [6, 6.07) is 8.26. The van der Waals surface area contributed by atoms with Gasteiger partial charge < -0.3 is 4.90 Å². The standard InChI is InChI=1S/C19H26F3NO/c1-4-6-13-23(14-7-5-2)18(24)17(19(20,21)22)15(3)16-11-9-8-10-12-16/h8-12H,4-7,13-14H2,1-3H3/b17-15+. The third-order valence-electron chi connectivity index (χ3n) is 3.93. The summed E-state index contributed by atoms with van der Waals surface area (Å²) >= 11 is 0. The number of allylic oxidation sites excluding steroid dienone is 1. The minimum absolute atomic E-state index is 0.0221. The van der Waals surface area contributed by atoms with Crippen molar-refractivity contribution in [3.05, 3.63) is 41.5 Å². The third kappa shape index (κ3) is 5.69. The van der Waals surface area contributed by atoms with Crippen molar-refractivity contribution in [2.45, 2.75) is 52.6 Å². The predicted molar refractivity (Wildman–Crippen MR) is 91.5 cm³/mol. The Hall–Kier alpha value is -1.78. The number of rotatable bonds is 8. The van der Waals surface area contributed by atoms with Crippen LogP contribution in [0.25, 0.3) is 5.57 Å². The zero-order valence-electron chi connectivity index (χ0n) is 14.6. The van der Waals surface area contributed by atoms with E-state index in [1.165, 1.54) is 11.8 Å². The molecule has 5 heteroatoms. The van der Waals surface area contributed by atoms with Gasteiger partial charge in [-0.05, 0) is 30.9 Å². The van der Waals surface area contributed by atoms with E-state index in [1.807, 2.05) is 13.8 Å². The lowest BCUT2D eigenvalue weighted by Crippen LogP contribution is -2.38. The molecule has 0 aromatic heterocycles. The van der Waals surface area contributed by atoms with Crippen LogP contribution in [0.15, 0.2) is 35.9 Å². The first-order chi connectivity index (χ1) is 11.3. The van der Waals surface area contributed by atoms with E-state index in [1.54, 1.807) is 30.3 Å². The predicted octanol–water partition coefficient (Wildman–Crippen LogP) is 5.45. The minimum atomic E-state index is -4.67. The van der Waals surface area contributed by atoms with E-state index in [0.29, 0.717) is 31.5 Å². The maximum atomic E-state index is 13.6. The molecule has 0 N–H and O–H groups in total. The van der Waals surface area contributed by atoms with Crippen LogP contribution in [-0.2, 0) is 4.79 Å². The van der Waals surface area contributed by atoms with Crippen molar-refractivity contribution < 1.29 is 18.0 Å². The van der Waals surface area contributed by atoms with Gasteiger partial charge in [-0.2, -0.15) is 13.2 Å². The Bertz CT molecular complexity index is 541. The molecule has 0 unspecified atom stereocenters. The van der Waals surface area contributed by atoms with Crippen LogP contribution in [0.4, 0.5) is 13.2 Å². The number of carbonyl (C=O) groups is 1. The molecule has 134 valence electrons. The number of hydrogen-bond acceptors (Lipinski definition) is 1. The van der Waals surface area contributed by atoms with Gasteiger partial charge in [-0.1, -0.05) is 57.0 Å². The Balaban J connectivity index is 3.25. The maximum Gasteiger partial charge on any atom is 0.421 e. The van der Waals surface area contributed by atoms with Gasteiger partial charge in [0.15, 0.2) is 0 Å². The van der Waals surface area contributed by atoms with Crippen LogP contribution in [0.5, 0.6) is 0 Å². The lowest BCUT2D eigenvalue weighted by Gasteiger charge is -2.26. The zero-order chi connectivity index (χ0) is 18.2. The van der Waals surface area contributed by atoms with E-state index in [-0.39, 0.29) is 5.57 Å². The van der Waals surface area contributed by atoms with Gasteiger partial charge in [0.2, 0.25) is 0 Å². The summed E-state index contributed by atoms with van der Waals surface area (Å²) < 4.78 is 40.8. The van der Waals surface area contributed by atoms with E-state index in [4.69, 9.17) is 0 Å². The number of amides is 1. The first-order valence-electron chi connectivity index (χ1n) is 8.45. The molecule has 1 aromatic carbocycles. The third-order valence-corrected chi connectivity index (χ3v) is 3.93. The molecule has 1 amide bonds. The highest BCUT2D eigenvalue weighted by Crippen LogP contribution is 2.34. The number of hydrogen-bond donors (Lipinski definition) is 0. The average molecular weight is 341 g/mol. The fraction of sp³-hybridized carbons (Fsp3) is 0.526. The van der Waals surface area contributed by atoms with Crippen molar-refractivity contribution in [3.63, 3.8) is 0 Å². The van der Waals surface area contributed by atoms with Crippen LogP contribution in [-0.4, -0.2) is 30.1 Å². The lowest BCUT2D eigenvalue weighted by atomic mass is 9.99. The van der Waals surface area contributed by atoms with Crippen molar-refractivity contribution in [1.82, 2.24) is 4.90 Å². The van der Waals surface area contributed by atoms with Crippen molar-refractivity contribution in [3.8, 4) is 0 Å². The van der Waals surface area contributed by atoms with E-state index < -0.39 is 17.7 Å². The van der Waals surface area contributed by atoms with E-state index in [2.05, 4.69) is 0 Å². The Morgan fingerprint density at radius 2 is 1.50 bits per heavy atom. The summed E-state index contributed by atoms with van der Waals surface area (Å²) in [6.45, 7) is 6.00. The smallest absolute Gasteiger partial charge is 0.339 e. The van der Waals surface area contributed by atoms with Crippen LogP contribution in [0.1, 0.15) is 52.0 Å². The topological polar surface area (TPSA) is 20.3 Å². The number of nitrogens with zero attached hydrogens (tertiary/aromatic N) is 1.